The molecule has 1 aliphatic heterocycles. The molecule has 2 aliphatic carbocycles. The van der Waals surface area contributed by atoms with Crippen LogP contribution in [-0.2, 0) is 27.9 Å². The first-order chi connectivity index (χ1) is 17.1. The van der Waals surface area contributed by atoms with Gasteiger partial charge >= 0.3 is 6.03 Å². The minimum atomic E-state index is -3.87. The van der Waals surface area contributed by atoms with Gasteiger partial charge in [0.25, 0.3) is 0 Å². The summed E-state index contributed by atoms with van der Waals surface area (Å²) in [5.41, 5.74) is 0.260. The van der Waals surface area contributed by atoms with Gasteiger partial charge in [-0.05, 0) is 56.7 Å². The lowest BCUT2D eigenvalue weighted by Gasteiger charge is -2.48. The SMILES string of the molecule is Cc1cc(CN2C(=O)C3CC(S(=O)(=O)NC4(CF)CC4)CCC3N(Cc3ccc(F)cc3)C2=O)on1. The largest absolute Gasteiger partial charge is 0.359 e. The Labute approximate surface area is 207 Å². The van der Waals surface area contributed by atoms with Crippen molar-refractivity contribution in [1.82, 2.24) is 19.7 Å². The van der Waals surface area contributed by atoms with Crippen LogP contribution < -0.4 is 4.72 Å². The first-order valence-electron chi connectivity index (χ1n) is 12.0. The lowest BCUT2D eigenvalue weighted by Crippen LogP contribution is -2.63. The van der Waals surface area contributed by atoms with Gasteiger partial charge in [-0.1, -0.05) is 17.3 Å². The van der Waals surface area contributed by atoms with Crippen LogP contribution in [0, 0.1) is 18.7 Å². The second-order valence-corrected chi connectivity index (χ2v) is 12.0. The van der Waals surface area contributed by atoms with Crippen molar-refractivity contribution in [3.8, 4) is 0 Å². The Bertz CT molecular complexity index is 1260. The molecule has 2 heterocycles. The number of halogens is 2. The highest BCUT2D eigenvalue weighted by Crippen LogP contribution is 2.41. The van der Waals surface area contributed by atoms with Crippen molar-refractivity contribution in [2.45, 2.75) is 68.9 Å². The predicted octanol–water partition coefficient (Wildman–Crippen LogP) is 3.05. The second-order valence-electron chi connectivity index (χ2n) is 10.1. The fourth-order valence-electron chi connectivity index (χ4n) is 5.19. The molecule has 5 rings (SSSR count). The maximum absolute atomic E-state index is 13.5. The quantitative estimate of drug-likeness (QED) is 0.570. The summed E-state index contributed by atoms with van der Waals surface area (Å²) in [4.78, 5) is 29.7. The highest BCUT2D eigenvalue weighted by atomic mass is 32.2. The molecule has 0 radical (unpaired) electrons. The number of aromatic nitrogens is 1. The van der Waals surface area contributed by atoms with Crippen molar-refractivity contribution < 1.29 is 31.3 Å². The summed E-state index contributed by atoms with van der Waals surface area (Å²) in [6.07, 6.45) is 1.45. The third-order valence-corrected chi connectivity index (χ3v) is 9.41. The van der Waals surface area contributed by atoms with Crippen LogP contribution in [0.15, 0.2) is 34.9 Å². The van der Waals surface area contributed by atoms with Crippen molar-refractivity contribution >= 4 is 22.0 Å². The van der Waals surface area contributed by atoms with E-state index in [1.807, 2.05) is 0 Å². The Morgan fingerprint density at radius 2 is 1.89 bits per heavy atom. The van der Waals surface area contributed by atoms with Crippen LogP contribution in [0.4, 0.5) is 13.6 Å². The van der Waals surface area contributed by atoms with Gasteiger partial charge in [-0.3, -0.25) is 9.69 Å². The number of alkyl halides is 1. The van der Waals surface area contributed by atoms with E-state index in [9.17, 15) is 26.8 Å². The number of nitrogens with one attached hydrogen (secondary N) is 1. The molecule has 1 aromatic carbocycles. The summed E-state index contributed by atoms with van der Waals surface area (Å²) >= 11 is 0. The molecule has 3 amide bonds. The van der Waals surface area contributed by atoms with Crippen LogP contribution in [0.3, 0.4) is 0 Å². The lowest BCUT2D eigenvalue weighted by atomic mass is 9.80. The number of aryl methyl sites for hydroxylation is 1. The molecule has 9 nitrogen and oxygen atoms in total. The summed E-state index contributed by atoms with van der Waals surface area (Å²) in [6.45, 7) is 0.952. The normalized spacial score (nSPS) is 25.7. The number of fused-ring (bicyclic) bond motifs is 1. The molecule has 2 aromatic rings. The summed E-state index contributed by atoms with van der Waals surface area (Å²) in [5, 5.41) is 2.94. The average molecular weight is 523 g/mol. The molecule has 2 saturated carbocycles. The molecule has 3 atom stereocenters. The number of imide groups is 1. The number of carbonyl (C=O) groups is 2. The van der Waals surface area contributed by atoms with Gasteiger partial charge < -0.3 is 9.42 Å². The van der Waals surface area contributed by atoms with E-state index >= 15 is 0 Å². The Morgan fingerprint density at radius 3 is 2.50 bits per heavy atom. The van der Waals surface area contributed by atoms with Gasteiger partial charge in [-0.25, -0.2) is 26.7 Å². The third-order valence-electron chi connectivity index (χ3n) is 7.39. The highest BCUT2D eigenvalue weighted by Gasteiger charge is 2.53. The number of urea groups is 1. The molecule has 0 spiro atoms. The Kier molecular flexibility index (Phi) is 6.36. The van der Waals surface area contributed by atoms with Crippen molar-refractivity contribution in [2.75, 3.05) is 6.67 Å². The molecule has 194 valence electrons. The van der Waals surface area contributed by atoms with Gasteiger partial charge in [0.2, 0.25) is 15.9 Å². The molecule has 3 unspecified atom stereocenters. The standard InChI is InChI=1S/C24H28F2N4O5S/c1-15-10-18(35-27-15)13-30-22(31)20-11-19(36(33,34)28-24(14-25)8-9-24)6-7-21(20)29(23(30)32)12-16-2-4-17(26)5-3-16/h2-5,10,19-21,28H,6-9,11-14H2,1H3. The van der Waals surface area contributed by atoms with Crippen LogP contribution >= 0.6 is 0 Å². The van der Waals surface area contributed by atoms with E-state index < -0.39 is 57.2 Å². The summed E-state index contributed by atoms with van der Waals surface area (Å²) in [6, 6.07) is 6.35. The van der Waals surface area contributed by atoms with E-state index in [0.717, 1.165) is 4.90 Å². The number of hydrogen-bond acceptors (Lipinski definition) is 6. The summed E-state index contributed by atoms with van der Waals surface area (Å²) in [7, 11) is -3.87. The lowest BCUT2D eigenvalue weighted by molar-refractivity contribution is -0.141. The Balaban J connectivity index is 1.42. The molecule has 1 saturated heterocycles. The topological polar surface area (TPSA) is 113 Å². The minimum absolute atomic E-state index is 0.0142. The van der Waals surface area contributed by atoms with Gasteiger partial charge in [0.1, 0.15) is 12.5 Å². The highest BCUT2D eigenvalue weighted by molar-refractivity contribution is 7.90. The third kappa shape index (κ3) is 4.75. The van der Waals surface area contributed by atoms with E-state index in [1.54, 1.807) is 30.0 Å². The molecule has 1 aromatic heterocycles. The minimum Gasteiger partial charge on any atom is -0.359 e. The smallest absolute Gasteiger partial charge is 0.327 e. The van der Waals surface area contributed by atoms with E-state index in [-0.39, 0.29) is 25.9 Å². The molecule has 0 bridgehead atoms. The Morgan fingerprint density at radius 1 is 1.17 bits per heavy atom. The zero-order chi connectivity index (χ0) is 25.7. The number of benzene rings is 1. The van der Waals surface area contributed by atoms with Crippen molar-refractivity contribution in [3.63, 3.8) is 0 Å². The maximum atomic E-state index is 13.5. The van der Waals surface area contributed by atoms with Crippen LogP contribution in [0.2, 0.25) is 0 Å². The van der Waals surface area contributed by atoms with E-state index in [4.69, 9.17) is 4.52 Å². The van der Waals surface area contributed by atoms with E-state index in [2.05, 4.69) is 9.88 Å². The molecule has 36 heavy (non-hydrogen) atoms. The predicted molar refractivity (Wildman–Crippen MR) is 124 cm³/mol. The molecular formula is C24H28F2N4O5S. The molecule has 3 fully saturated rings. The number of nitrogens with zero attached hydrogens (tertiary/aromatic N) is 3. The first-order valence-corrected chi connectivity index (χ1v) is 13.5. The molecule has 1 N–H and O–H groups in total. The fourth-order valence-corrected chi connectivity index (χ4v) is 7.13. The van der Waals surface area contributed by atoms with Gasteiger partial charge in [0.15, 0.2) is 5.76 Å². The summed E-state index contributed by atoms with van der Waals surface area (Å²) < 4.78 is 60.7. The van der Waals surface area contributed by atoms with Crippen LogP contribution in [0.5, 0.6) is 0 Å². The van der Waals surface area contributed by atoms with Gasteiger partial charge in [0.05, 0.1) is 28.9 Å². The van der Waals surface area contributed by atoms with Gasteiger partial charge in [-0.2, -0.15) is 0 Å². The average Bonchev–Trinajstić information content (AvgIpc) is 3.50. The van der Waals surface area contributed by atoms with Gasteiger partial charge in [0, 0.05) is 18.7 Å². The zero-order valence-corrected chi connectivity index (χ0v) is 20.6. The van der Waals surface area contributed by atoms with Crippen LogP contribution in [0.25, 0.3) is 0 Å². The number of sulfonamides is 1. The first kappa shape index (κ1) is 24.8. The van der Waals surface area contributed by atoms with Crippen molar-refractivity contribution in [1.29, 1.82) is 0 Å². The zero-order valence-electron chi connectivity index (χ0n) is 19.8. The van der Waals surface area contributed by atoms with E-state index in [1.165, 1.54) is 12.1 Å². The van der Waals surface area contributed by atoms with Crippen molar-refractivity contribution in [2.24, 2.45) is 5.92 Å². The van der Waals surface area contributed by atoms with Gasteiger partial charge in [-0.15, -0.1) is 0 Å². The number of hydrogen-bond donors (Lipinski definition) is 1. The van der Waals surface area contributed by atoms with Crippen LogP contribution in [0.1, 0.15) is 49.1 Å². The molecule has 3 aliphatic rings. The van der Waals surface area contributed by atoms with Crippen LogP contribution in [-0.4, -0.2) is 58.8 Å². The fraction of sp³-hybridized carbons (Fsp3) is 0.542. The van der Waals surface area contributed by atoms with E-state index in [0.29, 0.717) is 36.3 Å². The second kappa shape index (κ2) is 9.22. The molecule has 12 heteroatoms. The monoisotopic (exact) mass is 522 g/mol. The van der Waals surface area contributed by atoms with Crippen molar-refractivity contribution in [3.05, 3.63) is 53.2 Å². The molecular weight excluding hydrogens is 494 g/mol. The maximum Gasteiger partial charge on any atom is 0.327 e. The Hall–Kier alpha value is -2.86. The number of amides is 3. The number of rotatable bonds is 8. The number of carbonyl (C=O) groups excluding carboxylic acids is 2. The summed E-state index contributed by atoms with van der Waals surface area (Å²) in [5.74, 6) is -1.31.